The van der Waals surface area contributed by atoms with E-state index in [1.807, 2.05) is 0 Å². The fourth-order valence-electron chi connectivity index (χ4n) is 1.14. The summed E-state index contributed by atoms with van der Waals surface area (Å²) in [6.07, 6.45) is -0.727. The van der Waals surface area contributed by atoms with E-state index in [2.05, 4.69) is 15.3 Å². The highest BCUT2D eigenvalue weighted by molar-refractivity contribution is 5.99. The van der Waals surface area contributed by atoms with Crippen molar-refractivity contribution in [3.8, 4) is 0 Å². The van der Waals surface area contributed by atoms with Gasteiger partial charge in [-0.2, -0.15) is 5.10 Å². The highest BCUT2D eigenvalue weighted by Gasteiger charge is 2.07. The highest BCUT2D eigenvalue weighted by Crippen LogP contribution is 2.10. The molecule has 0 radical (unpaired) electrons. The topological polar surface area (TPSA) is 50.7 Å². The van der Waals surface area contributed by atoms with Gasteiger partial charge in [-0.1, -0.05) is 0 Å². The molecular weight excluding hydrogens is 230 g/mol. The van der Waals surface area contributed by atoms with Gasteiger partial charge in [0.05, 0.1) is 12.3 Å². The lowest BCUT2D eigenvalue weighted by Crippen LogP contribution is -2.20. The minimum Gasteiger partial charge on any atom is -0.449 e. The molecule has 6 heteroatoms. The lowest BCUT2D eigenvalue weighted by atomic mass is 10.1. The summed E-state index contributed by atoms with van der Waals surface area (Å²) >= 11 is 0. The quantitative estimate of drug-likeness (QED) is 0.653. The Labute approximate surface area is 97.3 Å². The predicted molar refractivity (Wildman–Crippen MR) is 58.7 cm³/mol. The van der Waals surface area contributed by atoms with Gasteiger partial charge in [-0.15, -0.1) is 0 Å². The zero-order valence-corrected chi connectivity index (χ0v) is 9.46. The molecule has 92 valence electrons. The summed E-state index contributed by atoms with van der Waals surface area (Å²) in [5.74, 6) is -1.41. The van der Waals surface area contributed by atoms with Crippen LogP contribution in [-0.2, 0) is 4.74 Å². The Kier molecular flexibility index (Phi) is 4.56. The van der Waals surface area contributed by atoms with E-state index in [1.54, 1.807) is 6.92 Å². The number of benzene rings is 1. The van der Waals surface area contributed by atoms with Crippen LogP contribution in [0, 0.1) is 11.6 Å². The van der Waals surface area contributed by atoms with E-state index in [4.69, 9.17) is 0 Å². The molecule has 1 aromatic rings. The first-order valence-corrected chi connectivity index (χ1v) is 4.97. The van der Waals surface area contributed by atoms with Crippen molar-refractivity contribution in [2.75, 3.05) is 6.61 Å². The van der Waals surface area contributed by atoms with Crippen LogP contribution in [-0.4, -0.2) is 18.4 Å². The van der Waals surface area contributed by atoms with Gasteiger partial charge in [0.2, 0.25) is 0 Å². The molecule has 1 amide bonds. The number of hydrazone groups is 1. The number of halogens is 2. The summed E-state index contributed by atoms with van der Waals surface area (Å²) < 4.78 is 30.5. The number of carbonyl (C=O) groups excluding carboxylic acids is 1. The fourth-order valence-corrected chi connectivity index (χ4v) is 1.14. The summed E-state index contributed by atoms with van der Waals surface area (Å²) in [4.78, 5) is 10.9. The number of carbonyl (C=O) groups is 1. The third kappa shape index (κ3) is 3.82. The minimum atomic E-state index is -0.739. The number of nitrogens with zero attached hydrogens (tertiary/aromatic N) is 1. The molecule has 17 heavy (non-hydrogen) atoms. The standard InChI is InChI=1S/C11H12F2N2O2/c1-3-17-11(16)15-14-7(2)9-5-4-8(12)6-10(9)13/h4-6H,3H2,1-2H3,(H,15,16)/b14-7+. The van der Waals surface area contributed by atoms with Gasteiger partial charge in [-0.25, -0.2) is 19.0 Å². The van der Waals surface area contributed by atoms with Crippen molar-refractivity contribution in [1.29, 1.82) is 0 Å². The zero-order chi connectivity index (χ0) is 12.8. The highest BCUT2D eigenvalue weighted by atomic mass is 19.1. The molecule has 1 aromatic carbocycles. The van der Waals surface area contributed by atoms with Crippen molar-refractivity contribution in [3.63, 3.8) is 0 Å². The molecule has 0 saturated heterocycles. The Hall–Kier alpha value is -1.98. The van der Waals surface area contributed by atoms with Gasteiger partial charge in [0.15, 0.2) is 0 Å². The monoisotopic (exact) mass is 242 g/mol. The van der Waals surface area contributed by atoms with E-state index in [-0.39, 0.29) is 17.9 Å². The van der Waals surface area contributed by atoms with Crippen LogP contribution in [0.4, 0.5) is 13.6 Å². The van der Waals surface area contributed by atoms with Crippen LogP contribution in [0.3, 0.4) is 0 Å². The second-order valence-corrected chi connectivity index (χ2v) is 3.15. The van der Waals surface area contributed by atoms with Crippen LogP contribution in [0.5, 0.6) is 0 Å². The molecule has 0 fully saturated rings. The predicted octanol–water partition coefficient (Wildman–Crippen LogP) is 2.43. The first kappa shape index (κ1) is 13.1. The van der Waals surface area contributed by atoms with E-state index in [0.29, 0.717) is 0 Å². The van der Waals surface area contributed by atoms with E-state index < -0.39 is 17.7 Å². The van der Waals surface area contributed by atoms with Crippen molar-refractivity contribution in [2.45, 2.75) is 13.8 Å². The Morgan fingerprint density at radius 3 is 2.76 bits per heavy atom. The SMILES string of the molecule is CCOC(=O)N/N=C(\C)c1ccc(F)cc1F. The van der Waals surface area contributed by atoms with Crippen LogP contribution in [0.15, 0.2) is 23.3 Å². The number of amides is 1. The van der Waals surface area contributed by atoms with Crippen molar-refractivity contribution in [2.24, 2.45) is 5.10 Å². The molecule has 0 aliphatic rings. The van der Waals surface area contributed by atoms with Crippen molar-refractivity contribution >= 4 is 11.8 Å². The molecule has 1 rings (SSSR count). The molecule has 0 atom stereocenters. The molecule has 0 aliphatic heterocycles. The zero-order valence-electron chi connectivity index (χ0n) is 9.46. The molecule has 1 N–H and O–H groups in total. The Bertz CT molecular complexity index is 447. The summed E-state index contributed by atoms with van der Waals surface area (Å²) in [6, 6.07) is 3.11. The lowest BCUT2D eigenvalue weighted by Gasteiger charge is -2.04. The van der Waals surface area contributed by atoms with Gasteiger partial charge in [0.1, 0.15) is 11.6 Å². The van der Waals surface area contributed by atoms with Crippen LogP contribution >= 0.6 is 0 Å². The number of nitrogens with one attached hydrogen (secondary N) is 1. The van der Waals surface area contributed by atoms with Gasteiger partial charge >= 0.3 is 6.09 Å². The van der Waals surface area contributed by atoms with Crippen LogP contribution in [0.2, 0.25) is 0 Å². The van der Waals surface area contributed by atoms with E-state index in [9.17, 15) is 13.6 Å². The molecule has 0 saturated carbocycles. The van der Waals surface area contributed by atoms with Crippen molar-refractivity contribution in [1.82, 2.24) is 5.43 Å². The molecule has 0 unspecified atom stereocenters. The first-order chi connectivity index (χ1) is 8.04. The fraction of sp³-hybridized carbons (Fsp3) is 0.273. The number of hydrogen-bond donors (Lipinski definition) is 1. The second kappa shape index (κ2) is 5.93. The number of hydrogen-bond acceptors (Lipinski definition) is 3. The third-order valence-corrected chi connectivity index (χ3v) is 1.91. The summed E-state index contributed by atoms with van der Waals surface area (Å²) in [6.45, 7) is 3.35. The largest absolute Gasteiger partial charge is 0.449 e. The third-order valence-electron chi connectivity index (χ3n) is 1.91. The minimum absolute atomic E-state index is 0.114. The molecule has 0 heterocycles. The lowest BCUT2D eigenvalue weighted by molar-refractivity contribution is 0.152. The molecule has 0 bridgehead atoms. The van der Waals surface area contributed by atoms with E-state index in [1.165, 1.54) is 13.0 Å². The maximum Gasteiger partial charge on any atom is 0.427 e. The maximum absolute atomic E-state index is 13.3. The van der Waals surface area contributed by atoms with Gasteiger partial charge in [0.25, 0.3) is 0 Å². The molecule has 0 aliphatic carbocycles. The Balaban J connectivity index is 2.78. The Morgan fingerprint density at radius 2 is 2.18 bits per heavy atom. The van der Waals surface area contributed by atoms with Crippen molar-refractivity contribution < 1.29 is 18.3 Å². The van der Waals surface area contributed by atoms with Gasteiger partial charge < -0.3 is 4.74 Å². The van der Waals surface area contributed by atoms with Gasteiger partial charge in [-0.05, 0) is 26.0 Å². The van der Waals surface area contributed by atoms with E-state index >= 15 is 0 Å². The van der Waals surface area contributed by atoms with Crippen LogP contribution in [0.25, 0.3) is 0 Å². The summed E-state index contributed by atoms with van der Waals surface area (Å²) in [5, 5.41) is 3.63. The smallest absolute Gasteiger partial charge is 0.427 e. The summed E-state index contributed by atoms with van der Waals surface area (Å²) in [5.41, 5.74) is 2.42. The molecule has 0 spiro atoms. The average molecular weight is 242 g/mol. The maximum atomic E-state index is 13.3. The second-order valence-electron chi connectivity index (χ2n) is 3.15. The first-order valence-electron chi connectivity index (χ1n) is 4.97. The van der Waals surface area contributed by atoms with Crippen LogP contribution in [0.1, 0.15) is 19.4 Å². The molecule has 4 nitrogen and oxygen atoms in total. The van der Waals surface area contributed by atoms with Crippen LogP contribution < -0.4 is 5.43 Å². The van der Waals surface area contributed by atoms with E-state index in [0.717, 1.165) is 12.1 Å². The molecule has 0 aromatic heterocycles. The van der Waals surface area contributed by atoms with Gasteiger partial charge in [0, 0.05) is 11.6 Å². The Morgan fingerprint density at radius 1 is 1.47 bits per heavy atom. The number of rotatable bonds is 3. The summed E-state index contributed by atoms with van der Waals surface area (Å²) in [7, 11) is 0. The van der Waals surface area contributed by atoms with Gasteiger partial charge in [-0.3, -0.25) is 0 Å². The number of ether oxygens (including phenoxy) is 1. The van der Waals surface area contributed by atoms with Crippen molar-refractivity contribution in [3.05, 3.63) is 35.4 Å². The molecular formula is C11H12F2N2O2. The normalized spacial score (nSPS) is 11.2. The average Bonchev–Trinajstić information content (AvgIpc) is 2.26.